The van der Waals surface area contributed by atoms with Gasteiger partial charge in [-0.2, -0.15) is 0 Å². The van der Waals surface area contributed by atoms with Crippen LogP contribution in [-0.2, 0) is 11.3 Å². The van der Waals surface area contributed by atoms with E-state index in [0.717, 1.165) is 27.7 Å². The Morgan fingerprint density at radius 3 is 2.71 bits per heavy atom. The van der Waals surface area contributed by atoms with Crippen molar-refractivity contribution in [1.82, 2.24) is 20.0 Å². The van der Waals surface area contributed by atoms with Gasteiger partial charge in [0.1, 0.15) is 11.4 Å². The standard InChI is InChI=1S/C27H23N5O2/c1-19-4-2-3-5-23(19)16-32-17-26(30-31-32)20-7-10-25(11-8-20)34-18-27(33)29-24-9-6-22-15-28-13-12-21(22)14-24/h2-15,17H,16,18H2,1H3,(H,29,33). The molecule has 0 bridgehead atoms. The molecule has 0 aliphatic heterocycles. The molecule has 3 aromatic carbocycles. The fourth-order valence-electron chi connectivity index (χ4n) is 3.70. The number of aromatic nitrogens is 4. The smallest absolute Gasteiger partial charge is 0.262 e. The largest absolute Gasteiger partial charge is 0.484 e. The van der Waals surface area contributed by atoms with Crippen LogP contribution in [-0.4, -0.2) is 32.5 Å². The van der Waals surface area contributed by atoms with E-state index in [1.165, 1.54) is 11.1 Å². The third-order valence-corrected chi connectivity index (χ3v) is 5.58. The van der Waals surface area contributed by atoms with E-state index < -0.39 is 0 Å². The van der Waals surface area contributed by atoms with Gasteiger partial charge in [-0.15, -0.1) is 5.10 Å². The highest BCUT2D eigenvalue weighted by Gasteiger charge is 2.08. The molecule has 7 heteroatoms. The number of aryl methyl sites for hydroxylation is 1. The lowest BCUT2D eigenvalue weighted by molar-refractivity contribution is -0.118. The maximum atomic E-state index is 12.3. The SMILES string of the molecule is Cc1ccccc1Cn1cc(-c2ccc(OCC(=O)Nc3ccc4cnccc4c3)cc2)nn1. The minimum Gasteiger partial charge on any atom is -0.484 e. The summed E-state index contributed by atoms with van der Waals surface area (Å²) in [4.78, 5) is 16.4. The molecule has 2 aromatic heterocycles. The van der Waals surface area contributed by atoms with Crippen LogP contribution in [0.25, 0.3) is 22.0 Å². The van der Waals surface area contributed by atoms with E-state index in [2.05, 4.69) is 39.7 Å². The predicted molar refractivity (Wildman–Crippen MR) is 132 cm³/mol. The van der Waals surface area contributed by atoms with Crippen LogP contribution < -0.4 is 10.1 Å². The number of carbonyl (C=O) groups excluding carboxylic acids is 1. The summed E-state index contributed by atoms with van der Waals surface area (Å²) in [6.07, 6.45) is 5.44. The monoisotopic (exact) mass is 449 g/mol. The molecular formula is C27H23N5O2. The zero-order valence-corrected chi connectivity index (χ0v) is 18.7. The number of benzene rings is 3. The summed E-state index contributed by atoms with van der Waals surface area (Å²) in [6.45, 7) is 2.68. The average Bonchev–Trinajstić information content (AvgIpc) is 3.33. The van der Waals surface area contributed by atoms with Gasteiger partial charge >= 0.3 is 0 Å². The number of rotatable bonds is 7. The Balaban J connectivity index is 1.17. The lowest BCUT2D eigenvalue weighted by atomic mass is 10.1. The lowest BCUT2D eigenvalue weighted by Crippen LogP contribution is -2.20. The summed E-state index contributed by atoms with van der Waals surface area (Å²) in [5.74, 6) is 0.382. The molecule has 2 heterocycles. The summed E-state index contributed by atoms with van der Waals surface area (Å²) in [5, 5.41) is 13.4. The first-order valence-electron chi connectivity index (χ1n) is 11.0. The Morgan fingerprint density at radius 1 is 1.00 bits per heavy atom. The van der Waals surface area contributed by atoms with Crippen LogP contribution in [0.3, 0.4) is 0 Å². The number of amides is 1. The number of fused-ring (bicyclic) bond motifs is 1. The zero-order chi connectivity index (χ0) is 23.3. The zero-order valence-electron chi connectivity index (χ0n) is 18.7. The van der Waals surface area contributed by atoms with Gasteiger partial charge in [-0.05, 0) is 65.9 Å². The summed E-state index contributed by atoms with van der Waals surface area (Å²) in [5.41, 5.74) is 4.86. The summed E-state index contributed by atoms with van der Waals surface area (Å²) in [7, 11) is 0. The van der Waals surface area contributed by atoms with Gasteiger partial charge in [0.15, 0.2) is 6.61 Å². The number of hydrogen-bond acceptors (Lipinski definition) is 5. The first-order chi connectivity index (χ1) is 16.6. The summed E-state index contributed by atoms with van der Waals surface area (Å²) >= 11 is 0. The molecule has 7 nitrogen and oxygen atoms in total. The van der Waals surface area contributed by atoms with Gasteiger partial charge in [0.2, 0.25) is 0 Å². The number of nitrogens with zero attached hydrogens (tertiary/aromatic N) is 4. The van der Waals surface area contributed by atoms with Crippen molar-refractivity contribution in [2.24, 2.45) is 0 Å². The van der Waals surface area contributed by atoms with E-state index in [-0.39, 0.29) is 12.5 Å². The van der Waals surface area contributed by atoms with Crippen LogP contribution in [0.2, 0.25) is 0 Å². The second kappa shape index (κ2) is 9.54. The van der Waals surface area contributed by atoms with E-state index in [9.17, 15) is 4.79 Å². The van der Waals surface area contributed by atoms with Crippen molar-refractivity contribution in [3.8, 4) is 17.0 Å². The first kappa shape index (κ1) is 21.3. The van der Waals surface area contributed by atoms with Gasteiger partial charge < -0.3 is 10.1 Å². The predicted octanol–water partition coefficient (Wildman–Crippen LogP) is 4.87. The maximum Gasteiger partial charge on any atom is 0.262 e. The van der Waals surface area contributed by atoms with E-state index in [0.29, 0.717) is 12.3 Å². The molecule has 34 heavy (non-hydrogen) atoms. The molecule has 0 unspecified atom stereocenters. The van der Waals surface area contributed by atoms with E-state index in [1.54, 1.807) is 12.4 Å². The summed E-state index contributed by atoms with van der Waals surface area (Å²) in [6, 6.07) is 23.3. The van der Waals surface area contributed by atoms with Crippen molar-refractivity contribution < 1.29 is 9.53 Å². The van der Waals surface area contributed by atoms with Crippen molar-refractivity contribution >= 4 is 22.4 Å². The maximum absolute atomic E-state index is 12.3. The van der Waals surface area contributed by atoms with Gasteiger partial charge in [-0.25, -0.2) is 4.68 Å². The normalized spacial score (nSPS) is 10.9. The fourth-order valence-corrected chi connectivity index (χ4v) is 3.70. The molecule has 168 valence electrons. The second-order valence-corrected chi connectivity index (χ2v) is 8.03. The molecule has 0 spiro atoms. The van der Waals surface area contributed by atoms with Gasteiger partial charge in [-0.3, -0.25) is 9.78 Å². The topological polar surface area (TPSA) is 81.9 Å². The highest BCUT2D eigenvalue weighted by atomic mass is 16.5. The highest BCUT2D eigenvalue weighted by Crippen LogP contribution is 2.21. The second-order valence-electron chi connectivity index (χ2n) is 8.03. The molecule has 0 fully saturated rings. The highest BCUT2D eigenvalue weighted by molar-refractivity contribution is 5.95. The van der Waals surface area contributed by atoms with E-state index >= 15 is 0 Å². The van der Waals surface area contributed by atoms with E-state index in [4.69, 9.17) is 4.74 Å². The van der Waals surface area contributed by atoms with Crippen LogP contribution in [0, 0.1) is 6.92 Å². The number of ether oxygens (including phenoxy) is 1. The molecule has 0 atom stereocenters. The van der Waals surface area contributed by atoms with E-state index in [1.807, 2.05) is 71.5 Å². The van der Waals surface area contributed by atoms with Crippen molar-refractivity contribution in [2.45, 2.75) is 13.5 Å². The number of nitrogens with one attached hydrogen (secondary N) is 1. The number of anilines is 1. The molecular weight excluding hydrogens is 426 g/mol. The molecule has 0 aliphatic carbocycles. The molecule has 1 amide bonds. The lowest BCUT2D eigenvalue weighted by Gasteiger charge is -2.08. The molecule has 0 aliphatic rings. The molecule has 0 saturated heterocycles. The van der Waals surface area contributed by atoms with Crippen molar-refractivity contribution in [2.75, 3.05) is 11.9 Å². The van der Waals surface area contributed by atoms with Crippen molar-refractivity contribution in [3.63, 3.8) is 0 Å². The minimum atomic E-state index is -0.225. The van der Waals surface area contributed by atoms with Crippen molar-refractivity contribution in [1.29, 1.82) is 0 Å². The Bertz CT molecular complexity index is 1440. The average molecular weight is 450 g/mol. The first-order valence-corrected chi connectivity index (χ1v) is 11.0. The number of hydrogen-bond donors (Lipinski definition) is 1. The Morgan fingerprint density at radius 2 is 1.85 bits per heavy atom. The van der Waals surface area contributed by atoms with Gasteiger partial charge in [0.05, 0.1) is 12.7 Å². The van der Waals surface area contributed by atoms with Crippen molar-refractivity contribution in [3.05, 3.63) is 103 Å². The molecule has 1 N–H and O–H groups in total. The number of carbonyl (C=O) groups is 1. The van der Waals surface area contributed by atoms with Gasteiger partial charge in [0, 0.05) is 29.0 Å². The van der Waals surface area contributed by atoms with Crippen LogP contribution in [0.4, 0.5) is 5.69 Å². The van der Waals surface area contributed by atoms with Gasteiger partial charge in [0.25, 0.3) is 5.91 Å². The molecule has 0 saturated carbocycles. The number of pyridine rings is 1. The Hall–Kier alpha value is -4.52. The fraction of sp³-hybridized carbons (Fsp3) is 0.111. The van der Waals surface area contributed by atoms with Crippen LogP contribution in [0.1, 0.15) is 11.1 Å². The summed E-state index contributed by atoms with van der Waals surface area (Å²) < 4.78 is 7.48. The Kier molecular flexibility index (Phi) is 5.99. The molecule has 5 rings (SSSR count). The van der Waals surface area contributed by atoms with Crippen LogP contribution >= 0.6 is 0 Å². The van der Waals surface area contributed by atoms with Crippen LogP contribution in [0.15, 0.2) is 91.4 Å². The quantitative estimate of drug-likeness (QED) is 0.383. The van der Waals surface area contributed by atoms with Gasteiger partial charge in [-0.1, -0.05) is 35.5 Å². The Labute approximate surface area is 197 Å². The minimum absolute atomic E-state index is 0.0830. The molecule has 5 aromatic rings. The third kappa shape index (κ3) is 4.94. The van der Waals surface area contributed by atoms with Crippen LogP contribution in [0.5, 0.6) is 5.75 Å². The third-order valence-electron chi connectivity index (χ3n) is 5.58. The molecule has 0 radical (unpaired) electrons.